The number of hydrogen-bond acceptors (Lipinski definition) is 3. The second-order valence-corrected chi connectivity index (χ2v) is 5.63. The molecule has 2 aromatic carbocycles. The molecule has 0 aliphatic carbocycles. The number of halogens is 1. The Hall–Kier alpha value is -1.71. The molecule has 0 amide bonds. The van der Waals surface area contributed by atoms with Gasteiger partial charge in [-0.05, 0) is 29.6 Å². The minimum atomic E-state index is 0.735. The van der Waals surface area contributed by atoms with E-state index in [1.54, 1.807) is 18.1 Å². The molecule has 0 saturated heterocycles. The standard InChI is InChI=1S/C15H9ClN2S/c16-12-7-8-17-14-11(12)6-5-10-9-3-1-2-4-13(9)19-18-15(10)14/h1-8,18H. The van der Waals surface area contributed by atoms with Crippen molar-refractivity contribution in [2.75, 3.05) is 4.72 Å². The lowest BCUT2D eigenvalue weighted by molar-refractivity contribution is 1.39. The molecule has 3 aromatic rings. The highest BCUT2D eigenvalue weighted by Crippen LogP contribution is 2.45. The van der Waals surface area contributed by atoms with Crippen LogP contribution >= 0.6 is 23.5 Å². The van der Waals surface area contributed by atoms with Gasteiger partial charge in [-0.2, -0.15) is 0 Å². The van der Waals surface area contributed by atoms with Crippen LogP contribution in [0.15, 0.2) is 53.6 Å². The number of fused-ring (bicyclic) bond motifs is 5. The fourth-order valence-electron chi connectivity index (χ4n) is 2.40. The third-order valence-corrected chi connectivity index (χ3v) is 4.51. The third kappa shape index (κ3) is 1.62. The largest absolute Gasteiger partial charge is 0.323 e. The molecule has 0 bridgehead atoms. The van der Waals surface area contributed by atoms with Gasteiger partial charge < -0.3 is 4.72 Å². The molecule has 1 aliphatic rings. The van der Waals surface area contributed by atoms with Crippen LogP contribution in [0, 0.1) is 0 Å². The molecule has 1 aliphatic heterocycles. The molecule has 2 heterocycles. The van der Waals surface area contributed by atoms with Gasteiger partial charge in [0.25, 0.3) is 0 Å². The molecule has 1 N–H and O–H groups in total. The van der Waals surface area contributed by atoms with Crippen molar-refractivity contribution in [2.24, 2.45) is 0 Å². The van der Waals surface area contributed by atoms with E-state index in [2.05, 4.69) is 40.0 Å². The van der Waals surface area contributed by atoms with E-state index in [1.165, 1.54) is 16.0 Å². The predicted molar refractivity (Wildman–Crippen MR) is 81.7 cm³/mol. The summed E-state index contributed by atoms with van der Waals surface area (Å²) in [4.78, 5) is 5.70. The summed E-state index contributed by atoms with van der Waals surface area (Å²) in [6.07, 6.45) is 1.75. The smallest absolute Gasteiger partial charge is 0.0963 e. The summed E-state index contributed by atoms with van der Waals surface area (Å²) in [6, 6.07) is 14.3. The van der Waals surface area contributed by atoms with Crippen molar-refractivity contribution in [3.8, 4) is 11.1 Å². The maximum atomic E-state index is 6.23. The molecule has 0 atom stereocenters. The Balaban J connectivity index is 2.09. The first-order valence-electron chi connectivity index (χ1n) is 5.94. The summed E-state index contributed by atoms with van der Waals surface area (Å²) in [5.74, 6) is 0. The first-order valence-corrected chi connectivity index (χ1v) is 7.13. The fourth-order valence-corrected chi connectivity index (χ4v) is 3.46. The summed E-state index contributed by atoms with van der Waals surface area (Å²) >= 11 is 7.84. The van der Waals surface area contributed by atoms with Gasteiger partial charge in [0.1, 0.15) is 0 Å². The van der Waals surface area contributed by atoms with Gasteiger partial charge in [0.2, 0.25) is 0 Å². The summed E-state index contributed by atoms with van der Waals surface area (Å²) in [5, 5.41) is 1.72. The van der Waals surface area contributed by atoms with Crippen molar-refractivity contribution in [2.45, 2.75) is 4.90 Å². The van der Waals surface area contributed by atoms with Crippen LogP contribution in [0.5, 0.6) is 0 Å². The molecule has 92 valence electrons. The first kappa shape index (κ1) is 11.1. The zero-order chi connectivity index (χ0) is 12.8. The Bertz CT molecular complexity index is 801. The highest BCUT2D eigenvalue weighted by atomic mass is 35.5. The van der Waals surface area contributed by atoms with Gasteiger partial charge >= 0.3 is 0 Å². The van der Waals surface area contributed by atoms with Crippen molar-refractivity contribution >= 4 is 40.1 Å². The first-order chi connectivity index (χ1) is 9.34. The summed E-state index contributed by atoms with van der Waals surface area (Å²) in [6.45, 7) is 0. The summed E-state index contributed by atoms with van der Waals surface area (Å²) < 4.78 is 3.38. The zero-order valence-electron chi connectivity index (χ0n) is 9.85. The number of benzene rings is 2. The Kier molecular flexibility index (Phi) is 2.43. The van der Waals surface area contributed by atoms with Gasteiger partial charge in [-0.25, -0.2) is 0 Å². The monoisotopic (exact) mass is 284 g/mol. The summed E-state index contributed by atoms with van der Waals surface area (Å²) in [5.41, 5.74) is 4.39. The highest BCUT2D eigenvalue weighted by molar-refractivity contribution is 8.00. The molecule has 0 saturated carbocycles. The van der Waals surface area contributed by atoms with Crippen molar-refractivity contribution < 1.29 is 0 Å². The van der Waals surface area contributed by atoms with Crippen molar-refractivity contribution in [1.82, 2.24) is 4.98 Å². The fraction of sp³-hybridized carbons (Fsp3) is 0. The zero-order valence-corrected chi connectivity index (χ0v) is 11.4. The molecule has 0 unspecified atom stereocenters. The van der Waals surface area contributed by atoms with E-state index >= 15 is 0 Å². The molecular weight excluding hydrogens is 276 g/mol. The molecule has 19 heavy (non-hydrogen) atoms. The van der Waals surface area contributed by atoms with Gasteiger partial charge in [-0.15, -0.1) is 0 Å². The lowest BCUT2D eigenvalue weighted by Crippen LogP contribution is -2.00. The number of rotatable bonds is 0. The minimum absolute atomic E-state index is 0.735. The molecule has 2 nitrogen and oxygen atoms in total. The summed E-state index contributed by atoms with van der Waals surface area (Å²) in [7, 11) is 0. The number of pyridine rings is 1. The van der Waals surface area contributed by atoms with Crippen molar-refractivity contribution in [3.05, 3.63) is 53.7 Å². The SMILES string of the molecule is Clc1ccnc2c3c(ccc12)-c1ccccc1SN3. The maximum Gasteiger partial charge on any atom is 0.0963 e. The second kappa shape index (κ2) is 4.15. The van der Waals surface area contributed by atoms with Crippen LogP contribution in [0.25, 0.3) is 22.0 Å². The van der Waals surface area contributed by atoms with Crippen LogP contribution in [0.3, 0.4) is 0 Å². The lowest BCUT2D eigenvalue weighted by Gasteiger charge is -2.21. The van der Waals surface area contributed by atoms with Crippen LogP contribution in [-0.4, -0.2) is 4.98 Å². The van der Waals surface area contributed by atoms with Crippen LogP contribution in [-0.2, 0) is 0 Å². The molecule has 4 rings (SSSR count). The average Bonchev–Trinajstić information content (AvgIpc) is 2.47. The highest BCUT2D eigenvalue weighted by Gasteiger charge is 2.19. The Morgan fingerprint density at radius 1 is 1.00 bits per heavy atom. The number of nitrogens with one attached hydrogen (secondary N) is 1. The average molecular weight is 285 g/mol. The van der Waals surface area contributed by atoms with Crippen LogP contribution in [0.2, 0.25) is 5.02 Å². The maximum absolute atomic E-state index is 6.23. The molecule has 0 spiro atoms. The van der Waals surface area contributed by atoms with E-state index in [9.17, 15) is 0 Å². The Morgan fingerprint density at radius 3 is 2.84 bits per heavy atom. The van der Waals surface area contributed by atoms with Crippen LogP contribution < -0.4 is 4.72 Å². The van der Waals surface area contributed by atoms with Crippen LogP contribution in [0.1, 0.15) is 0 Å². The van der Waals surface area contributed by atoms with Gasteiger partial charge in [0, 0.05) is 22.0 Å². The van der Waals surface area contributed by atoms with Crippen LogP contribution in [0.4, 0.5) is 5.69 Å². The van der Waals surface area contributed by atoms with E-state index in [1.807, 2.05) is 12.1 Å². The molecule has 4 heteroatoms. The van der Waals surface area contributed by atoms with E-state index in [0.29, 0.717) is 0 Å². The molecular formula is C15H9ClN2S. The van der Waals surface area contributed by atoms with E-state index in [0.717, 1.165) is 21.6 Å². The van der Waals surface area contributed by atoms with Gasteiger partial charge in [-0.3, -0.25) is 4.98 Å². The molecule has 0 fully saturated rings. The number of anilines is 1. The van der Waals surface area contributed by atoms with Gasteiger partial charge in [0.05, 0.1) is 16.2 Å². The molecule has 1 aromatic heterocycles. The number of nitrogens with zero attached hydrogens (tertiary/aromatic N) is 1. The van der Waals surface area contributed by atoms with Crippen molar-refractivity contribution in [3.63, 3.8) is 0 Å². The van der Waals surface area contributed by atoms with Crippen molar-refractivity contribution in [1.29, 1.82) is 0 Å². The third-order valence-electron chi connectivity index (χ3n) is 3.30. The van der Waals surface area contributed by atoms with E-state index in [4.69, 9.17) is 11.6 Å². The predicted octanol–water partition coefficient (Wildman–Crippen LogP) is 4.99. The number of aromatic nitrogens is 1. The minimum Gasteiger partial charge on any atom is -0.323 e. The molecule has 0 radical (unpaired) electrons. The van der Waals surface area contributed by atoms with Gasteiger partial charge in [-0.1, -0.05) is 41.9 Å². The quantitative estimate of drug-likeness (QED) is 0.589. The topological polar surface area (TPSA) is 24.9 Å². The van der Waals surface area contributed by atoms with E-state index < -0.39 is 0 Å². The number of hydrogen-bond donors (Lipinski definition) is 1. The Labute approximate surface area is 119 Å². The second-order valence-electron chi connectivity index (χ2n) is 4.38. The normalized spacial score (nSPS) is 12.7. The lowest BCUT2D eigenvalue weighted by atomic mass is 10.0. The van der Waals surface area contributed by atoms with E-state index in [-0.39, 0.29) is 0 Å². The Morgan fingerprint density at radius 2 is 1.89 bits per heavy atom. The van der Waals surface area contributed by atoms with Gasteiger partial charge in [0.15, 0.2) is 0 Å².